The lowest BCUT2D eigenvalue weighted by Crippen LogP contribution is -2.24. The van der Waals surface area contributed by atoms with Gasteiger partial charge >= 0.3 is 6.03 Å². The molecule has 2 amide bonds. The van der Waals surface area contributed by atoms with E-state index < -0.39 is 6.03 Å². The quantitative estimate of drug-likeness (QED) is 0.568. The normalized spacial score (nSPS) is 11.8. The Morgan fingerprint density at radius 1 is 1.50 bits per heavy atom. The van der Waals surface area contributed by atoms with Gasteiger partial charge in [-0.15, -0.1) is 0 Å². The van der Waals surface area contributed by atoms with Gasteiger partial charge in [0.25, 0.3) is 0 Å². The number of hydrogen-bond acceptors (Lipinski definition) is 3. The molecule has 5 nitrogen and oxygen atoms in total. The molecule has 0 heterocycles. The third-order valence-corrected chi connectivity index (χ3v) is 2.63. The summed E-state index contributed by atoms with van der Waals surface area (Å²) in [7, 11) is 0. The standard InChI is InChI=1S/C12H16ClN3O2/c1-12(2,3)8-4-7(6-15-16-11(14)18)10(17)9(13)5-8/h4-6,17H,1-3H3,(H3,14,16,18). The number of benzene rings is 1. The van der Waals surface area contributed by atoms with Gasteiger partial charge in [-0.25, -0.2) is 10.2 Å². The van der Waals surface area contributed by atoms with Crippen molar-refractivity contribution in [2.24, 2.45) is 10.8 Å². The SMILES string of the molecule is CC(C)(C)c1cc(Cl)c(O)c(C=NNC(N)=O)c1. The smallest absolute Gasteiger partial charge is 0.332 e. The van der Waals surface area contributed by atoms with Crippen LogP contribution in [-0.4, -0.2) is 17.4 Å². The lowest BCUT2D eigenvalue weighted by Gasteiger charge is -2.20. The maximum Gasteiger partial charge on any atom is 0.332 e. The van der Waals surface area contributed by atoms with Crippen LogP contribution in [0.4, 0.5) is 4.79 Å². The molecule has 1 aromatic rings. The molecule has 0 aromatic heterocycles. The monoisotopic (exact) mass is 269 g/mol. The summed E-state index contributed by atoms with van der Waals surface area (Å²) in [5, 5.41) is 13.6. The van der Waals surface area contributed by atoms with Crippen molar-refractivity contribution in [2.75, 3.05) is 0 Å². The van der Waals surface area contributed by atoms with Crippen LogP contribution in [0.5, 0.6) is 5.75 Å². The molecule has 0 spiro atoms. The number of halogens is 1. The molecule has 6 heteroatoms. The number of phenolic OH excluding ortho intramolecular Hbond substituents is 1. The number of primary amides is 1. The van der Waals surface area contributed by atoms with E-state index in [2.05, 4.69) is 10.5 Å². The van der Waals surface area contributed by atoms with Gasteiger partial charge in [0.2, 0.25) is 0 Å². The highest BCUT2D eigenvalue weighted by Crippen LogP contribution is 2.33. The number of hydrazone groups is 1. The molecule has 0 radical (unpaired) electrons. The van der Waals surface area contributed by atoms with Crippen LogP contribution in [0.1, 0.15) is 31.9 Å². The number of phenols is 1. The zero-order valence-corrected chi connectivity index (χ0v) is 11.2. The van der Waals surface area contributed by atoms with Crippen LogP contribution in [-0.2, 0) is 5.41 Å². The fourth-order valence-electron chi connectivity index (χ4n) is 1.32. The maximum absolute atomic E-state index is 10.5. The topological polar surface area (TPSA) is 87.7 Å². The van der Waals surface area contributed by atoms with Crippen molar-refractivity contribution in [3.8, 4) is 5.75 Å². The van der Waals surface area contributed by atoms with E-state index in [1.54, 1.807) is 12.1 Å². The maximum atomic E-state index is 10.5. The molecule has 1 aromatic carbocycles. The molecular weight excluding hydrogens is 254 g/mol. The van der Waals surface area contributed by atoms with Crippen LogP contribution in [0.3, 0.4) is 0 Å². The van der Waals surface area contributed by atoms with E-state index in [0.29, 0.717) is 5.56 Å². The third-order valence-electron chi connectivity index (χ3n) is 2.34. The summed E-state index contributed by atoms with van der Waals surface area (Å²) in [5.41, 5.74) is 8.18. The van der Waals surface area contributed by atoms with Crippen molar-refractivity contribution < 1.29 is 9.90 Å². The highest BCUT2D eigenvalue weighted by atomic mass is 35.5. The van der Waals surface area contributed by atoms with Gasteiger partial charge in [0, 0.05) is 5.56 Å². The predicted octanol–water partition coefficient (Wildman–Crippen LogP) is 2.35. The Morgan fingerprint density at radius 3 is 2.61 bits per heavy atom. The van der Waals surface area contributed by atoms with E-state index in [0.717, 1.165) is 5.56 Å². The second kappa shape index (κ2) is 5.27. The Hall–Kier alpha value is -1.75. The fourth-order valence-corrected chi connectivity index (χ4v) is 1.54. The number of nitrogens with two attached hydrogens (primary N) is 1. The molecule has 0 fully saturated rings. The van der Waals surface area contributed by atoms with E-state index >= 15 is 0 Å². The van der Waals surface area contributed by atoms with Crippen molar-refractivity contribution in [3.05, 3.63) is 28.3 Å². The molecule has 0 atom stereocenters. The first-order valence-corrected chi connectivity index (χ1v) is 5.71. The second-order valence-corrected chi connectivity index (χ2v) is 5.29. The van der Waals surface area contributed by atoms with Crippen molar-refractivity contribution in [2.45, 2.75) is 26.2 Å². The van der Waals surface area contributed by atoms with E-state index in [1.165, 1.54) is 6.21 Å². The molecule has 4 N–H and O–H groups in total. The molecule has 98 valence electrons. The summed E-state index contributed by atoms with van der Waals surface area (Å²) in [6.07, 6.45) is 1.29. The van der Waals surface area contributed by atoms with Gasteiger partial charge in [-0.1, -0.05) is 32.4 Å². The number of carbonyl (C=O) groups excluding carboxylic acids is 1. The summed E-state index contributed by atoms with van der Waals surface area (Å²) in [6.45, 7) is 6.08. The van der Waals surface area contributed by atoms with Crippen LogP contribution in [0.25, 0.3) is 0 Å². The van der Waals surface area contributed by atoms with Crippen molar-refractivity contribution in [1.29, 1.82) is 0 Å². The zero-order chi connectivity index (χ0) is 13.9. The third kappa shape index (κ3) is 3.63. The number of urea groups is 1. The lowest BCUT2D eigenvalue weighted by molar-refractivity contribution is 0.249. The average Bonchev–Trinajstić information content (AvgIpc) is 2.22. The van der Waals surface area contributed by atoms with Gasteiger partial charge in [0.1, 0.15) is 5.75 Å². The summed E-state index contributed by atoms with van der Waals surface area (Å²) >= 11 is 5.94. The Kier molecular flexibility index (Phi) is 4.19. The second-order valence-electron chi connectivity index (χ2n) is 4.88. The number of hydrogen-bond donors (Lipinski definition) is 3. The van der Waals surface area contributed by atoms with E-state index in [-0.39, 0.29) is 16.2 Å². The van der Waals surface area contributed by atoms with Gasteiger partial charge in [0.15, 0.2) is 0 Å². The predicted molar refractivity (Wildman–Crippen MR) is 72.1 cm³/mol. The van der Waals surface area contributed by atoms with E-state index in [1.807, 2.05) is 20.8 Å². The van der Waals surface area contributed by atoms with Gasteiger partial charge in [-0.2, -0.15) is 5.10 Å². The van der Waals surface area contributed by atoms with Crippen molar-refractivity contribution >= 4 is 23.8 Å². The van der Waals surface area contributed by atoms with Crippen LogP contribution in [0.15, 0.2) is 17.2 Å². The summed E-state index contributed by atoms with van der Waals surface area (Å²) in [4.78, 5) is 10.5. The van der Waals surface area contributed by atoms with Crippen molar-refractivity contribution in [3.63, 3.8) is 0 Å². The van der Waals surface area contributed by atoms with Gasteiger partial charge in [0.05, 0.1) is 11.2 Å². The van der Waals surface area contributed by atoms with Crippen LogP contribution in [0.2, 0.25) is 5.02 Å². The number of aromatic hydroxyl groups is 1. The van der Waals surface area contributed by atoms with Crippen LogP contribution >= 0.6 is 11.6 Å². The first kappa shape index (κ1) is 14.3. The Labute approximate surface area is 111 Å². The highest BCUT2D eigenvalue weighted by Gasteiger charge is 2.17. The number of carbonyl (C=O) groups is 1. The minimum Gasteiger partial charge on any atom is -0.506 e. The fraction of sp³-hybridized carbons (Fsp3) is 0.333. The lowest BCUT2D eigenvalue weighted by atomic mass is 9.86. The number of nitrogens with one attached hydrogen (secondary N) is 1. The molecule has 0 aliphatic heterocycles. The minimum absolute atomic E-state index is 0.0836. The Morgan fingerprint density at radius 2 is 2.11 bits per heavy atom. The first-order chi connectivity index (χ1) is 8.21. The van der Waals surface area contributed by atoms with Crippen LogP contribution in [0, 0.1) is 0 Å². The summed E-state index contributed by atoms with van der Waals surface area (Å²) < 4.78 is 0. The van der Waals surface area contributed by atoms with Crippen LogP contribution < -0.4 is 11.2 Å². The Balaban J connectivity index is 3.15. The van der Waals surface area contributed by atoms with Gasteiger partial charge in [-0.3, -0.25) is 0 Å². The van der Waals surface area contributed by atoms with E-state index in [9.17, 15) is 9.90 Å². The zero-order valence-electron chi connectivity index (χ0n) is 10.5. The largest absolute Gasteiger partial charge is 0.506 e. The molecule has 0 bridgehead atoms. The minimum atomic E-state index is -0.774. The molecule has 0 unspecified atom stereocenters. The molecule has 1 rings (SSSR count). The summed E-state index contributed by atoms with van der Waals surface area (Å²) in [6, 6.07) is 2.69. The first-order valence-electron chi connectivity index (χ1n) is 5.33. The number of nitrogens with zero attached hydrogens (tertiary/aromatic N) is 1. The summed E-state index contributed by atoms with van der Waals surface area (Å²) in [5.74, 6) is -0.0836. The van der Waals surface area contributed by atoms with Gasteiger partial charge < -0.3 is 10.8 Å². The molecule has 0 aliphatic rings. The molecule has 0 saturated heterocycles. The molecular formula is C12H16ClN3O2. The van der Waals surface area contributed by atoms with Crippen molar-refractivity contribution in [1.82, 2.24) is 5.43 Å². The average molecular weight is 270 g/mol. The Bertz CT molecular complexity index is 493. The van der Waals surface area contributed by atoms with E-state index in [4.69, 9.17) is 17.3 Å². The van der Waals surface area contributed by atoms with Gasteiger partial charge in [-0.05, 0) is 23.1 Å². The molecule has 0 aliphatic carbocycles. The highest BCUT2D eigenvalue weighted by molar-refractivity contribution is 6.32. The molecule has 0 saturated carbocycles. The molecule has 18 heavy (non-hydrogen) atoms. The number of amides is 2. The number of rotatable bonds is 2.